The Hall–Kier alpha value is -2.09. The number of halogens is 3. The van der Waals surface area contributed by atoms with Crippen molar-refractivity contribution in [3.63, 3.8) is 0 Å². The molecule has 20 heavy (non-hydrogen) atoms. The molecule has 0 aliphatic heterocycles. The molecule has 0 saturated carbocycles. The summed E-state index contributed by atoms with van der Waals surface area (Å²) in [7, 11) is 1.36. The van der Waals surface area contributed by atoms with Crippen LogP contribution in [-0.2, 0) is 6.18 Å². The third-order valence-electron chi connectivity index (χ3n) is 2.57. The van der Waals surface area contributed by atoms with E-state index in [1.54, 1.807) is 0 Å². The number of carbonyl (C=O) groups excluding carboxylic acids is 1. The second kappa shape index (κ2) is 5.12. The average Bonchev–Trinajstić information content (AvgIpc) is 2.87. The van der Waals surface area contributed by atoms with Crippen LogP contribution >= 0.6 is 11.3 Å². The van der Waals surface area contributed by atoms with Crippen LogP contribution < -0.4 is 4.90 Å². The van der Waals surface area contributed by atoms with Crippen LogP contribution in [0.4, 0.5) is 18.9 Å². The summed E-state index contributed by atoms with van der Waals surface area (Å²) >= 11 is 0.639. The molecular formula is C12H9F3N2O2S. The molecule has 2 rings (SSSR count). The maximum absolute atomic E-state index is 12.7. The first-order chi connectivity index (χ1) is 9.30. The number of carbonyl (C=O) groups is 1. The zero-order valence-electron chi connectivity index (χ0n) is 10.2. The first kappa shape index (κ1) is 14.3. The summed E-state index contributed by atoms with van der Waals surface area (Å²) in [6.07, 6.45) is -4.67. The Labute approximate surface area is 116 Å². The lowest BCUT2D eigenvalue weighted by molar-refractivity contribution is -0.141. The predicted octanol–water partition coefficient (Wildman–Crippen LogP) is 3.14. The van der Waals surface area contributed by atoms with Gasteiger partial charge in [-0.15, -0.1) is 11.3 Å². The van der Waals surface area contributed by atoms with Crippen LogP contribution in [0.3, 0.4) is 0 Å². The first-order valence-electron chi connectivity index (χ1n) is 5.38. The van der Waals surface area contributed by atoms with Gasteiger partial charge in [-0.1, -0.05) is 0 Å². The molecule has 0 radical (unpaired) electrons. The zero-order chi connectivity index (χ0) is 14.9. The number of aromatic nitrogens is 1. The van der Waals surface area contributed by atoms with Crippen LogP contribution in [0.2, 0.25) is 0 Å². The topological polar surface area (TPSA) is 53.4 Å². The Morgan fingerprint density at radius 2 is 1.90 bits per heavy atom. The Morgan fingerprint density at radius 3 is 2.45 bits per heavy atom. The second-order valence-electron chi connectivity index (χ2n) is 3.91. The van der Waals surface area contributed by atoms with E-state index >= 15 is 0 Å². The fraction of sp³-hybridized carbons (Fsp3) is 0.167. The van der Waals surface area contributed by atoms with E-state index in [9.17, 15) is 18.0 Å². The monoisotopic (exact) mass is 302 g/mol. The van der Waals surface area contributed by atoms with Gasteiger partial charge in [-0.25, -0.2) is 4.98 Å². The highest BCUT2D eigenvalue weighted by Crippen LogP contribution is 2.33. The van der Waals surface area contributed by atoms with Crippen molar-refractivity contribution in [1.29, 1.82) is 0 Å². The van der Waals surface area contributed by atoms with Gasteiger partial charge in [0.15, 0.2) is 5.69 Å². The van der Waals surface area contributed by atoms with Crippen molar-refractivity contribution >= 4 is 22.9 Å². The molecule has 0 atom stereocenters. The van der Waals surface area contributed by atoms with Gasteiger partial charge < -0.3 is 10.0 Å². The molecule has 1 amide bonds. The van der Waals surface area contributed by atoms with Gasteiger partial charge in [0.25, 0.3) is 5.91 Å². The van der Waals surface area contributed by atoms with Crippen molar-refractivity contribution in [2.45, 2.75) is 6.18 Å². The van der Waals surface area contributed by atoms with Crippen molar-refractivity contribution in [2.24, 2.45) is 0 Å². The van der Waals surface area contributed by atoms with Gasteiger partial charge in [-0.05, 0) is 24.3 Å². The van der Waals surface area contributed by atoms with Gasteiger partial charge in [0.1, 0.15) is 10.6 Å². The summed E-state index contributed by atoms with van der Waals surface area (Å²) in [5.74, 6) is -0.797. The molecule has 1 heterocycles. The second-order valence-corrected chi connectivity index (χ2v) is 4.76. The summed E-state index contributed by atoms with van der Waals surface area (Å²) < 4.78 is 38.1. The van der Waals surface area contributed by atoms with E-state index in [0.717, 1.165) is 10.4 Å². The van der Waals surface area contributed by atoms with E-state index in [2.05, 4.69) is 4.98 Å². The molecule has 106 valence electrons. The first-order valence-corrected chi connectivity index (χ1v) is 6.26. The van der Waals surface area contributed by atoms with Crippen LogP contribution in [0.5, 0.6) is 5.75 Å². The van der Waals surface area contributed by atoms with Crippen molar-refractivity contribution in [1.82, 2.24) is 4.98 Å². The zero-order valence-corrected chi connectivity index (χ0v) is 11.0. The van der Waals surface area contributed by atoms with Gasteiger partial charge in [0.05, 0.1) is 5.51 Å². The molecule has 1 aromatic heterocycles. The van der Waals surface area contributed by atoms with Gasteiger partial charge in [0, 0.05) is 12.7 Å². The van der Waals surface area contributed by atoms with Gasteiger partial charge in [0.2, 0.25) is 0 Å². The molecule has 0 fully saturated rings. The highest BCUT2D eigenvalue weighted by atomic mass is 32.1. The molecule has 0 saturated heterocycles. The molecule has 8 heteroatoms. The van der Waals surface area contributed by atoms with Crippen molar-refractivity contribution in [3.8, 4) is 5.75 Å². The van der Waals surface area contributed by atoms with E-state index in [4.69, 9.17) is 5.11 Å². The highest BCUT2D eigenvalue weighted by molar-refractivity contribution is 7.12. The quantitative estimate of drug-likeness (QED) is 0.927. The minimum Gasteiger partial charge on any atom is -0.508 e. The van der Waals surface area contributed by atoms with Crippen LogP contribution in [0, 0.1) is 0 Å². The SMILES string of the molecule is CN(C(=O)c1scnc1C(F)(F)F)c1ccc(O)cc1. The van der Waals surface area contributed by atoms with E-state index < -0.39 is 22.7 Å². The number of phenolic OH excluding ortho intramolecular Hbond substituents is 1. The van der Waals surface area contributed by atoms with E-state index in [1.807, 2.05) is 0 Å². The summed E-state index contributed by atoms with van der Waals surface area (Å²) in [5, 5.41) is 9.15. The highest BCUT2D eigenvalue weighted by Gasteiger charge is 2.39. The van der Waals surface area contributed by atoms with Crippen molar-refractivity contribution in [3.05, 3.63) is 40.3 Å². The molecule has 2 aromatic rings. The fourth-order valence-corrected chi connectivity index (χ4v) is 2.33. The smallest absolute Gasteiger partial charge is 0.434 e. The van der Waals surface area contributed by atoms with Crippen molar-refractivity contribution in [2.75, 3.05) is 11.9 Å². The largest absolute Gasteiger partial charge is 0.508 e. The van der Waals surface area contributed by atoms with Gasteiger partial charge in [-0.3, -0.25) is 4.79 Å². The lowest BCUT2D eigenvalue weighted by atomic mass is 10.2. The number of benzene rings is 1. The molecule has 0 bridgehead atoms. The van der Waals surface area contributed by atoms with Crippen LogP contribution in [0.1, 0.15) is 15.4 Å². The molecule has 0 spiro atoms. The molecule has 1 aromatic carbocycles. The number of aromatic hydroxyl groups is 1. The van der Waals surface area contributed by atoms with Crippen LogP contribution in [0.15, 0.2) is 29.8 Å². The third-order valence-corrected chi connectivity index (χ3v) is 3.39. The number of hydrogen-bond acceptors (Lipinski definition) is 4. The number of phenols is 1. The molecular weight excluding hydrogens is 293 g/mol. The van der Waals surface area contributed by atoms with Gasteiger partial charge >= 0.3 is 6.18 Å². The minimum absolute atomic E-state index is 0.00312. The van der Waals surface area contributed by atoms with E-state index in [-0.39, 0.29) is 5.75 Å². The lowest BCUT2D eigenvalue weighted by Gasteiger charge is -2.17. The fourth-order valence-electron chi connectivity index (χ4n) is 1.55. The number of nitrogens with zero attached hydrogens (tertiary/aromatic N) is 2. The molecule has 0 unspecified atom stereocenters. The minimum atomic E-state index is -4.67. The maximum Gasteiger partial charge on any atom is 0.434 e. The number of rotatable bonds is 2. The Morgan fingerprint density at radius 1 is 1.30 bits per heavy atom. The number of amides is 1. The summed E-state index contributed by atoms with van der Waals surface area (Å²) in [6, 6.07) is 5.55. The Bertz CT molecular complexity index is 622. The summed E-state index contributed by atoms with van der Waals surface area (Å²) in [4.78, 5) is 15.9. The summed E-state index contributed by atoms with van der Waals surface area (Å²) in [5.41, 5.74) is 0.174. The molecule has 0 aliphatic rings. The van der Waals surface area contributed by atoms with Crippen LogP contribution in [-0.4, -0.2) is 23.0 Å². The van der Waals surface area contributed by atoms with Gasteiger partial charge in [-0.2, -0.15) is 13.2 Å². The Balaban J connectivity index is 2.32. The molecule has 0 aliphatic carbocycles. The normalized spacial score (nSPS) is 11.4. The maximum atomic E-state index is 12.7. The third kappa shape index (κ3) is 2.74. The molecule has 4 nitrogen and oxygen atoms in total. The number of hydrogen-bond donors (Lipinski definition) is 1. The number of thiazole rings is 1. The molecule has 1 N–H and O–H groups in total. The van der Waals surface area contributed by atoms with E-state index in [0.29, 0.717) is 17.0 Å². The predicted molar refractivity (Wildman–Crippen MR) is 68.0 cm³/mol. The standard InChI is InChI=1S/C12H9F3N2O2S/c1-17(7-2-4-8(18)5-3-7)11(19)9-10(12(13,14)15)16-6-20-9/h2-6,18H,1H3. The Kier molecular flexibility index (Phi) is 3.67. The average molecular weight is 302 g/mol. The number of alkyl halides is 3. The van der Waals surface area contributed by atoms with Crippen molar-refractivity contribution < 1.29 is 23.1 Å². The lowest BCUT2D eigenvalue weighted by Crippen LogP contribution is -2.27. The summed E-state index contributed by atoms with van der Waals surface area (Å²) in [6.45, 7) is 0. The number of anilines is 1. The van der Waals surface area contributed by atoms with E-state index in [1.165, 1.54) is 31.3 Å². The van der Waals surface area contributed by atoms with Crippen LogP contribution in [0.25, 0.3) is 0 Å².